The van der Waals surface area contributed by atoms with Gasteiger partial charge in [-0.25, -0.2) is 0 Å². The summed E-state index contributed by atoms with van der Waals surface area (Å²) in [7, 11) is 0. The number of fused-ring (bicyclic) bond motifs is 8. The predicted octanol–water partition coefficient (Wildman–Crippen LogP) is 12.9. The highest BCUT2D eigenvalue weighted by Crippen LogP contribution is 2.56. The summed E-state index contributed by atoms with van der Waals surface area (Å²) < 4.78 is 4.82. The van der Waals surface area contributed by atoms with Gasteiger partial charge in [-0.1, -0.05) is 159 Å². The van der Waals surface area contributed by atoms with E-state index >= 15 is 0 Å². The molecule has 2 nitrogen and oxygen atoms in total. The Balaban J connectivity index is 1.16. The van der Waals surface area contributed by atoms with Gasteiger partial charge >= 0.3 is 0 Å². The fourth-order valence-electron chi connectivity index (χ4n) is 9.91. The van der Waals surface area contributed by atoms with Crippen LogP contribution in [-0.4, -0.2) is 9.13 Å². The molecule has 11 rings (SSSR count). The second-order valence-electron chi connectivity index (χ2n) is 15.3. The van der Waals surface area contributed by atoms with Gasteiger partial charge in [-0.15, -0.1) is 0 Å². The number of aromatic nitrogens is 2. The van der Waals surface area contributed by atoms with Gasteiger partial charge in [0.1, 0.15) is 0 Å². The zero-order chi connectivity index (χ0) is 36.0. The average molecular weight is 691 g/mol. The standard InChI is InChI=1S/C52H38N2/c1-51(2)43-19-7-9-21-45(43)52(46-22-10-8-20-44(46)51,35-27-31-37(32-28-35)53-47-23-11-3-15-39(47)40-16-4-12-24-48(40)53)36-29-33-38(34-30-36)54-49-25-13-5-17-41(49)42-18-6-14-26-50(42)54/h3-34H,1-2H3. The third-order valence-corrected chi connectivity index (χ3v) is 12.3. The van der Waals surface area contributed by atoms with Gasteiger partial charge < -0.3 is 9.13 Å². The molecule has 256 valence electrons. The SMILES string of the molecule is CC1(C)c2ccccc2C(c2ccc(-n3c4ccccc4c4ccccc43)cc2)(c2ccc(-n3c4ccccc4c4ccccc43)cc2)c2ccccc21. The van der Waals surface area contributed by atoms with Crippen LogP contribution in [0.25, 0.3) is 55.0 Å². The van der Waals surface area contributed by atoms with E-state index in [4.69, 9.17) is 0 Å². The van der Waals surface area contributed by atoms with Crippen molar-refractivity contribution in [3.05, 3.63) is 228 Å². The van der Waals surface area contributed by atoms with Gasteiger partial charge in [0.15, 0.2) is 0 Å². The maximum atomic E-state index is 2.41. The van der Waals surface area contributed by atoms with Crippen molar-refractivity contribution in [2.24, 2.45) is 0 Å². The Morgan fingerprint density at radius 2 is 0.574 bits per heavy atom. The van der Waals surface area contributed by atoms with E-state index in [9.17, 15) is 0 Å². The van der Waals surface area contributed by atoms with Crippen LogP contribution in [-0.2, 0) is 10.8 Å². The molecular weight excluding hydrogens is 653 g/mol. The molecule has 0 aliphatic heterocycles. The van der Waals surface area contributed by atoms with Crippen molar-refractivity contribution < 1.29 is 0 Å². The van der Waals surface area contributed by atoms with Crippen LogP contribution in [0.5, 0.6) is 0 Å². The highest BCUT2D eigenvalue weighted by molar-refractivity contribution is 6.10. The summed E-state index contributed by atoms with van der Waals surface area (Å²) in [6, 6.07) is 72.1. The minimum Gasteiger partial charge on any atom is -0.309 e. The molecule has 2 heteroatoms. The molecule has 0 bridgehead atoms. The van der Waals surface area contributed by atoms with Gasteiger partial charge in [-0.2, -0.15) is 0 Å². The lowest BCUT2D eigenvalue weighted by Crippen LogP contribution is -2.41. The second kappa shape index (κ2) is 11.4. The summed E-state index contributed by atoms with van der Waals surface area (Å²) in [6.45, 7) is 4.76. The third-order valence-electron chi connectivity index (χ3n) is 12.3. The number of hydrogen-bond donors (Lipinski definition) is 0. The van der Waals surface area contributed by atoms with E-state index in [0.717, 1.165) is 11.4 Å². The van der Waals surface area contributed by atoms with Crippen LogP contribution < -0.4 is 0 Å². The zero-order valence-corrected chi connectivity index (χ0v) is 30.4. The van der Waals surface area contributed by atoms with Crippen molar-refractivity contribution in [2.75, 3.05) is 0 Å². The first-order valence-electron chi connectivity index (χ1n) is 18.9. The topological polar surface area (TPSA) is 9.86 Å². The molecular formula is C52H38N2. The van der Waals surface area contributed by atoms with E-state index in [1.807, 2.05) is 0 Å². The molecule has 0 N–H and O–H groups in total. The summed E-state index contributed by atoms with van der Waals surface area (Å²) in [6.07, 6.45) is 0. The molecule has 1 aliphatic carbocycles. The van der Waals surface area contributed by atoms with E-state index in [0.29, 0.717) is 0 Å². The third kappa shape index (κ3) is 4.11. The van der Waals surface area contributed by atoms with Crippen molar-refractivity contribution >= 4 is 43.6 Å². The van der Waals surface area contributed by atoms with Crippen LogP contribution in [0.2, 0.25) is 0 Å². The molecule has 0 unspecified atom stereocenters. The van der Waals surface area contributed by atoms with E-state index in [1.165, 1.54) is 77.0 Å². The highest BCUT2D eigenvalue weighted by atomic mass is 15.0. The van der Waals surface area contributed by atoms with E-state index < -0.39 is 5.41 Å². The second-order valence-corrected chi connectivity index (χ2v) is 15.3. The van der Waals surface area contributed by atoms with Crippen molar-refractivity contribution in [3.8, 4) is 11.4 Å². The number of para-hydroxylation sites is 4. The maximum absolute atomic E-state index is 2.41. The molecule has 0 atom stereocenters. The normalized spacial score (nSPS) is 14.4. The first-order valence-corrected chi connectivity index (χ1v) is 18.9. The van der Waals surface area contributed by atoms with Crippen LogP contribution in [0.3, 0.4) is 0 Å². The van der Waals surface area contributed by atoms with Gasteiger partial charge in [0.2, 0.25) is 0 Å². The summed E-state index contributed by atoms with van der Waals surface area (Å²) in [5.41, 5.74) is 14.4. The summed E-state index contributed by atoms with van der Waals surface area (Å²) in [4.78, 5) is 0. The molecule has 54 heavy (non-hydrogen) atoms. The Labute approximate surface area is 315 Å². The molecule has 2 heterocycles. The fraction of sp³-hybridized carbons (Fsp3) is 0.0769. The van der Waals surface area contributed by atoms with Crippen LogP contribution in [0.15, 0.2) is 194 Å². The summed E-state index contributed by atoms with van der Waals surface area (Å²) in [5.74, 6) is 0. The molecule has 0 saturated heterocycles. The number of rotatable bonds is 4. The van der Waals surface area contributed by atoms with Crippen molar-refractivity contribution in [2.45, 2.75) is 24.7 Å². The lowest BCUT2D eigenvalue weighted by molar-refractivity contribution is 0.558. The molecule has 10 aromatic rings. The fourth-order valence-corrected chi connectivity index (χ4v) is 9.91. The Morgan fingerprint density at radius 3 is 0.907 bits per heavy atom. The molecule has 0 saturated carbocycles. The van der Waals surface area contributed by atoms with Crippen molar-refractivity contribution in [1.29, 1.82) is 0 Å². The van der Waals surface area contributed by atoms with E-state index in [2.05, 4.69) is 217 Å². The molecule has 0 amide bonds. The van der Waals surface area contributed by atoms with Crippen LogP contribution in [0.4, 0.5) is 0 Å². The van der Waals surface area contributed by atoms with Gasteiger partial charge in [0.25, 0.3) is 0 Å². The van der Waals surface area contributed by atoms with Crippen LogP contribution in [0.1, 0.15) is 47.2 Å². The number of benzene rings is 8. The molecule has 1 aliphatic rings. The van der Waals surface area contributed by atoms with Gasteiger partial charge in [0, 0.05) is 38.3 Å². The monoisotopic (exact) mass is 690 g/mol. The van der Waals surface area contributed by atoms with E-state index in [-0.39, 0.29) is 5.41 Å². The minimum absolute atomic E-state index is 0.164. The molecule has 8 aromatic carbocycles. The first kappa shape index (κ1) is 30.9. The summed E-state index contributed by atoms with van der Waals surface area (Å²) in [5, 5.41) is 5.09. The van der Waals surface area contributed by atoms with Gasteiger partial charge in [-0.3, -0.25) is 0 Å². The smallest absolute Gasteiger partial charge is 0.0707 e. The highest BCUT2D eigenvalue weighted by Gasteiger charge is 2.48. The molecule has 0 spiro atoms. The van der Waals surface area contributed by atoms with Crippen molar-refractivity contribution in [3.63, 3.8) is 0 Å². The lowest BCUT2D eigenvalue weighted by Gasteiger charge is -2.48. The zero-order valence-electron chi connectivity index (χ0n) is 30.4. The molecule has 0 radical (unpaired) electrons. The largest absolute Gasteiger partial charge is 0.309 e. The Bertz CT molecular complexity index is 2750. The predicted molar refractivity (Wildman–Crippen MR) is 226 cm³/mol. The number of nitrogens with zero attached hydrogens (tertiary/aromatic N) is 2. The Morgan fingerprint density at radius 1 is 0.296 bits per heavy atom. The minimum atomic E-state index is -0.540. The lowest BCUT2D eigenvalue weighted by atomic mass is 9.54. The van der Waals surface area contributed by atoms with Gasteiger partial charge in [-0.05, 0) is 81.9 Å². The average Bonchev–Trinajstić information content (AvgIpc) is 3.75. The Kier molecular flexibility index (Phi) is 6.55. The molecule has 2 aromatic heterocycles. The van der Waals surface area contributed by atoms with Crippen LogP contribution in [0, 0.1) is 0 Å². The first-order chi connectivity index (χ1) is 26.6. The van der Waals surface area contributed by atoms with Gasteiger partial charge in [0.05, 0.1) is 27.5 Å². The van der Waals surface area contributed by atoms with Crippen LogP contribution >= 0.6 is 0 Å². The molecule has 0 fully saturated rings. The number of hydrogen-bond acceptors (Lipinski definition) is 0. The van der Waals surface area contributed by atoms with Crippen molar-refractivity contribution in [1.82, 2.24) is 9.13 Å². The quantitative estimate of drug-likeness (QED) is 0.174. The Hall–Kier alpha value is -6.64. The summed E-state index contributed by atoms with van der Waals surface area (Å²) >= 11 is 0. The maximum Gasteiger partial charge on any atom is 0.0707 e. The van der Waals surface area contributed by atoms with E-state index in [1.54, 1.807) is 0 Å².